The molecular weight excluding hydrogens is 322 g/mol. The third-order valence-electron chi connectivity index (χ3n) is 4.89. The summed E-state index contributed by atoms with van der Waals surface area (Å²) in [6, 6.07) is 2.35. The van der Waals surface area contributed by atoms with E-state index in [4.69, 9.17) is 0 Å². The Bertz CT molecular complexity index is 528. The van der Waals surface area contributed by atoms with Gasteiger partial charge in [-0.05, 0) is 48.3 Å². The molecule has 1 aliphatic heterocycles. The van der Waals surface area contributed by atoms with Crippen molar-refractivity contribution in [2.75, 3.05) is 32.7 Å². The quantitative estimate of drug-likeness (QED) is 0.821. The lowest BCUT2D eigenvalue weighted by Crippen LogP contribution is -2.46. The number of piperidine rings is 1. The SMILES string of the molecule is CCN(CC)[C@H](CNC(=O)[C@@H]1CCCN(C(C)=O)C1)c1ccsc1. The Morgan fingerprint density at radius 3 is 2.75 bits per heavy atom. The predicted molar refractivity (Wildman–Crippen MR) is 98.0 cm³/mol. The number of thiophene rings is 1. The number of hydrogen-bond acceptors (Lipinski definition) is 4. The molecule has 134 valence electrons. The highest BCUT2D eigenvalue weighted by Crippen LogP contribution is 2.23. The van der Waals surface area contributed by atoms with Crippen LogP contribution in [0.2, 0.25) is 0 Å². The Labute approximate surface area is 149 Å². The summed E-state index contributed by atoms with van der Waals surface area (Å²) in [5.41, 5.74) is 1.26. The van der Waals surface area contributed by atoms with E-state index >= 15 is 0 Å². The summed E-state index contributed by atoms with van der Waals surface area (Å²) in [6.45, 7) is 9.72. The summed E-state index contributed by atoms with van der Waals surface area (Å²) in [5, 5.41) is 7.38. The van der Waals surface area contributed by atoms with Crippen molar-refractivity contribution in [3.8, 4) is 0 Å². The zero-order valence-corrected chi connectivity index (χ0v) is 15.8. The van der Waals surface area contributed by atoms with Crippen LogP contribution in [0.25, 0.3) is 0 Å². The molecule has 2 amide bonds. The van der Waals surface area contributed by atoms with Gasteiger partial charge in [-0.2, -0.15) is 11.3 Å². The predicted octanol–water partition coefficient (Wildman–Crippen LogP) is 2.51. The van der Waals surface area contributed by atoms with E-state index in [-0.39, 0.29) is 23.8 Å². The van der Waals surface area contributed by atoms with Crippen molar-refractivity contribution in [2.45, 2.75) is 39.7 Å². The second-order valence-corrected chi connectivity index (χ2v) is 7.12. The van der Waals surface area contributed by atoms with Crippen molar-refractivity contribution in [3.63, 3.8) is 0 Å². The number of likely N-dealkylation sites (tertiary alicyclic amines) is 1. The van der Waals surface area contributed by atoms with Crippen LogP contribution >= 0.6 is 11.3 Å². The van der Waals surface area contributed by atoms with E-state index in [0.717, 1.165) is 32.5 Å². The van der Waals surface area contributed by atoms with Crippen LogP contribution in [0.15, 0.2) is 16.8 Å². The molecule has 1 N–H and O–H groups in total. The van der Waals surface area contributed by atoms with Gasteiger partial charge in [0.15, 0.2) is 0 Å². The number of rotatable bonds is 7. The average molecular weight is 352 g/mol. The van der Waals surface area contributed by atoms with E-state index in [1.54, 1.807) is 23.2 Å². The summed E-state index contributed by atoms with van der Waals surface area (Å²) < 4.78 is 0. The van der Waals surface area contributed by atoms with E-state index in [1.165, 1.54) is 5.56 Å². The summed E-state index contributed by atoms with van der Waals surface area (Å²) in [4.78, 5) is 28.3. The van der Waals surface area contributed by atoms with Crippen LogP contribution in [0, 0.1) is 5.92 Å². The maximum Gasteiger partial charge on any atom is 0.224 e. The molecule has 1 saturated heterocycles. The number of nitrogens with one attached hydrogen (secondary N) is 1. The van der Waals surface area contributed by atoms with Crippen molar-refractivity contribution in [1.29, 1.82) is 0 Å². The van der Waals surface area contributed by atoms with Crippen LogP contribution in [-0.2, 0) is 9.59 Å². The van der Waals surface area contributed by atoms with Gasteiger partial charge in [-0.15, -0.1) is 0 Å². The number of amides is 2. The molecular formula is C18H29N3O2S. The highest BCUT2D eigenvalue weighted by Gasteiger charge is 2.28. The van der Waals surface area contributed by atoms with Gasteiger partial charge in [0.25, 0.3) is 0 Å². The molecule has 2 rings (SSSR count). The molecule has 0 aliphatic carbocycles. The highest BCUT2D eigenvalue weighted by atomic mass is 32.1. The third kappa shape index (κ3) is 4.80. The van der Waals surface area contributed by atoms with Gasteiger partial charge in [-0.25, -0.2) is 0 Å². The van der Waals surface area contributed by atoms with Gasteiger partial charge < -0.3 is 10.2 Å². The average Bonchev–Trinajstić information content (AvgIpc) is 3.12. The number of likely N-dealkylation sites (N-methyl/N-ethyl adjacent to an activating group) is 1. The van der Waals surface area contributed by atoms with Crippen LogP contribution in [0.5, 0.6) is 0 Å². The van der Waals surface area contributed by atoms with Crippen LogP contribution in [0.3, 0.4) is 0 Å². The molecule has 0 spiro atoms. The van der Waals surface area contributed by atoms with E-state index < -0.39 is 0 Å². The molecule has 1 aromatic rings. The summed E-state index contributed by atoms with van der Waals surface area (Å²) in [7, 11) is 0. The van der Waals surface area contributed by atoms with Gasteiger partial charge in [0.1, 0.15) is 0 Å². The number of carbonyl (C=O) groups excluding carboxylic acids is 2. The van der Waals surface area contributed by atoms with Crippen molar-refractivity contribution in [3.05, 3.63) is 22.4 Å². The highest BCUT2D eigenvalue weighted by molar-refractivity contribution is 7.07. The Balaban J connectivity index is 1.95. The van der Waals surface area contributed by atoms with Gasteiger partial charge >= 0.3 is 0 Å². The van der Waals surface area contributed by atoms with Gasteiger partial charge in [0.2, 0.25) is 11.8 Å². The molecule has 6 heteroatoms. The minimum Gasteiger partial charge on any atom is -0.354 e. The summed E-state index contributed by atoms with van der Waals surface area (Å²) in [5.74, 6) is 0.0580. The van der Waals surface area contributed by atoms with E-state index in [0.29, 0.717) is 13.1 Å². The second-order valence-electron chi connectivity index (χ2n) is 6.34. The van der Waals surface area contributed by atoms with E-state index in [1.807, 2.05) is 0 Å². The molecule has 1 aromatic heterocycles. The lowest BCUT2D eigenvalue weighted by molar-refractivity contribution is -0.134. The van der Waals surface area contributed by atoms with Crippen LogP contribution < -0.4 is 5.32 Å². The van der Waals surface area contributed by atoms with Crippen molar-refractivity contribution < 1.29 is 9.59 Å². The van der Waals surface area contributed by atoms with Crippen LogP contribution in [0.1, 0.15) is 45.2 Å². The molecule has 0 radical (unpaired) electrons. The van der Waals surface area contributed by atoms with Crippen LogP contribution in [-0.4, -0.2) is 54.3 Å². The zero-order chi connectivity index (χ0) is 17.5. The molecule has 0 aromatic carbocycles. The molecule has 0 saturated carbocycles. The fourth-order valence-corrected chi connectivity index (χ4v) is 4.11. The first-order valence-electron chi connectivity index (χ1n) is 8.86. The normalized spacial score (nSPS) is 19.3. The molecule has 2 atom stereocenters. The van der Waals surface area contributed by atoms with Gasteiger partial charge in [0, 0.05) is 26.6 Å². The zero-order valence-electron chi connectivity index (χ0n) is 15.0. The topological polar surface area (TPSA) is 52.7 Å². The lowest BCUT2D eigenvalue weighted by atomic mass is 9.97. The third-order valence-corrected chi connectivity index (χ3v) is 5.59. The first kappa shape index (κ1) is 18.9. The molecule has 2 heterocycles. The van der Waals surface area contributed by atoms with Crippen molar-refractivity contribution in [1.82, 2.24) is 15.1 Å². The maximum atomic E-state index is 12.6. The van der Waals surface area contributed by atoms with E-state index in [9.17, 15) is 9.59 Å². The second kappa shape index (κ2) is 9.18. The summed E-state index contributed by atoms with van der Waals surface area (Å²) in [6.07, 6.45) is 1.77. The largest absolute Gasteiger partial charge is 0.354 e. The van der Waals surface area contributed by atoms with Crippen molar-refractivity contribution in [2.24, 2.45) is 5.92 Å². The van der Waals surface area contributed by atoms with Gasteiger partial charge in [-0.3, -0.25) is 14.5 Å². The number of carbonyl (C=O) groups is 2. The summed E-state index contributed by atoms with van der Waals surface area (Å²) >= 11 is 1.69. The molecule has 0 bridgehead atoms. The number of hydrogen-bond donors (Lipinski definition) is 1. The molecule has 24 heavy (non-hydrogen) atoms. The van der Waals surface area contributed by atoms with Gasteiger partial charge in [-0.1, -0.05) is 13.8 Å². The van der Waals surface area contributed by atoms with E-state index in [2.05, 4.69) is 40.9 Å². The molecule has 1 fully saturated rings. The smallest absolute Gasteiger partial charge is 0.224 e. The monoisotopic (exact) mass is 351 g/mol. The van der Waals surface area contributed by atoms with Crippen LogP contribution in [0.4, 0.5) is 0 Å². The maximum absolute atomic E-state index is 12.6. The van der Waals surface area contributed by atoms with Crippen molar-refractivity contribution >= 4 is 23.2 Å². The Hall–Kier alpha value is -1.40. The standard InChI is InChI=1S/C18H29N3O2S/c1-4-20(5-2)17(16-8-10-24-13-16)11-19-18(23)15-7-6-9-21(12-15)14(3)22/h8,10,13,15,17H,4-7,9,11-12H2,1-3H3,(H,19,23)/t15-,17-/m1/s1. The van der Waals surface area contributed by atoms with Gasteiger partial charge in [0.05, 0.1) is 12.0 Å². The Morgan fingerprint density at radius 1 is 1.42 bits per heavy atom. The first-order valence-corrected chi connectivity index (χ1v) is 9.80. The molecule has 0 unspecified atom stereocenters. The molecule has 5 nitrogen and oxygen atoms in total. The number of nitrogens with zero attached hydrogens (tertiary/aromatic N) is 2. The Morgan fingerprint density at radius 2 is 2.17 bits per heavy atom. The Kier molecular flexibility index (Phi) is 7.24. The lowest BCUT2D eigenvalue weighted by Gasteiger charge is -2.33. The first-order chi connectivity index (χ1) is 11.6. The molecule has 1 aliphatic rings. The fraction of sp³-hybridized carbons (Fsp3) is 0.667. The minimum absolute atomic E-state index is 0.0618. The minimum atomic E-state index is -0.0810. The fourth-order valence-electron chi connectivity index (χ4n) is 3.41.